The summed E-state index contributed by atoms with van der Waals surface area (Å²) >= 11 is 0. The van der Waals surface area contributed by atoms with Gasteiger partial charge in [0.25, 0.3) is 0 Å². The first-order valence-electron chi connectivity index (χ1n) is 6.00. The molecule has 0 radical (unpaired) electrons. The van der Waals surface area contributed by atoms with E-state index in [4.69, 9.17) is 11.2 Å². The van der Waals surface area contributed by atoms with Gasteiger partial charge in [-0.05, 0) is 12.3 Å². The summed E-state index contributed by atoms with van der Waals surface area (Å²) in [5.74, 6) is 3.28. The van der Waals surface area contributed by atoms with Crippen molar-refractivity contribution in [2.45, 2.75) is 19.4 Å². The molecule has 2 heteroatoms. The maximum Gasteiger partial charge on any atom is 0.132 e. The number of hydrogen-bond acceptors (Lipinski definition) is 2. The molecule has 0 aliphatic carbocycles. The quantitative estimate of drug-likeness (QED) is 0.656. The Morgan fingerprint density at radius 2 is 2.06 bits per heavy atom. The van der Waals surface area contributed by atoms with Crippen LogP contribution in [-0.4, -0.2) is 11.7 Å². The molecular formula is C16H16O2. The smallest absolute Gasteiger partial charge is 0.132 e. The van der Waals surface area contributed by atoms with Crippen LogP contribution in [0.2, 0.25) is 0 Å². The zero-order chi connectivity index (χ0) is 13.0. The van der Waals surface area contributed by atoms with Crippen LogP contribution in [0.1, 0.15) is 25.0 Å². The summed E-state index contributed by atoms with van der Waals surface area (Å²) in [6.07, 6.45) is 5.22. The third kappa shape index (κ3) is 2.47. The first kappa shape index (κ1) is 12.5. The van der Waals surface area contributed by atoms with Crippen molar-refractivity contribution in [2.24, 2.45) is 0 Å². The fraction of sp³-hybridized carbons (Fsp3) is 0.250. The van der Waals surface area contributed by atoms with Crippen molar-refractivity contribution in [1.29, 1.82) is 0 Å². The van der Waals surface area contributed by atoms with Gasteiger partial charge in [-0.3, -0.25) is 0 Å². The molecule has 0 aliphatic heterocycles. The average Bonchev–Trinajstić information content (AvgIpc) is 2.38. The van der Waals surface area contributed by atoms with Gasteiger partial charge in [-0.1, -0.05) is 36.4 Å². The van der Waals surface area contributed by atoms with E-state index in [1.54, 1.807) is 6.92 Å². The van der Waals surface area contributed by atoms with E-state index in [1.807, 2.05) is 36.4 Å². The molecule has 0 heterocycles. The van der Waals surface area contributed by atoms with Crippen LogP contribution in [0.4, 0.5) is 0 Å². The topological polar surface area (TPSA) is 29.5 Å². The molecule has 0 spiro atoms. The molecule has 92 valence electrons. The highest BCUT2D eigenvalue weighted by atomic mass is 16.5. The highest BCUT2D eigenvalue weighted by Crippen LogP contribution is 2.33. The molecule has 18 heavy (non-hydrogen) atoms. The standard InChI is InChI=1S/C16H16O2/c1-3-4-11-18-16-14(12(2)17)10-9-13-7-5-6-8-15(13)16/h1,5-10,12,17H,4,11H2,2H3/t12-/m0/s1. The lowest BCUT2D eigenvalue weighted by molar-refractivity contribution is 0.192. The minimum Gasteiger partial charge on any atom is -0.492 e. The van der Waals surface area contributed by atoms with Gasteiger partial charge in [0.05, 0.1) is 12.7 Å². The van der Waals surface area contributed by atoms with Gasteiger partial charge in [-0.25, -0.2) is 0 Å². The Morgan fingerprint density at radius 1 is 1.28 bits per heavy atom. The van der Waals surface area contributed by atoms with Crippen molar-refractivity contribution in [3.8, 4) is 18.1 Å². The molecule has 0 aromatic heterocycles. The van der Waals surface area contributed by atoms with Crippen molar-refractivity contribution >= 4 is 10.8 Å². The zero-order valence-electron chi connectivity index (χ0n) is 10.4. The number of terminal acetylenes is 1. The number of aliphatic hydroxyl groups excluding tert-OH is 1. The first-order chi connectivity index (χ1) is 8.74. The Labute approximate surface area is 107 Å². The number of ether oxygens (including phenoxy) is 1. The predicted octanol–water partition coefficient (Wildman–Crippen LogP) is 3.30. The van der Waals surface area contributed by atoms with Gasteiger partial charge in [-0.2, -0.15) is 0 Å². The molecule has 2 aromatic carbocycles. The van der Waals surface area contributed by atoms with Crippen LogP contribution in [0, 0.1) is 12.3 Å². The molecule has 0 saturated heterocycles. The molecule has 0 fully saturated rings. The van der Waals surface area contributed by atoms with Crippen LogP contribution in [0.15, 0.2) is 36.4 Å². The van der Waals surface area contributed by atoms with Gasteiger partial charge in [-0.15, -0.1) is 12.3 Å². The summed E-state index contributed by atoms with van der Waals surface area (Å²) in [6.45, 7) is 2.20. The van der Waals surface area contributed by atoms with Gasteiger partial charge >= 0.3 is 0 Å². The van der Waals surface area contributed by atoms with E-state index < -0.39 is 6.10 Å². The van der Waals surface area contributed by atoms with E-state index in [0.29, 0.717) is 13.0 Å². The Hall–Kier alpha value is -1.98. The second kappa shape index (κ2) is 5.57. The summed E-state index contributed by atoms with van der Waals surface area (Å²) in [4.78, 5) is 0. The van der Waals surface area contributed by atoms with E-state index in [1.165, 1.54) is 0 Å². The molecule has 0 bridgehead atoms. The van der Waals surface area contributed by atoms with Crippen molar-refractivity contribution in [1.82, 2.24) is 0 Å². The normalized spacial score (nSPS) is 12.1. The molecule has 0 amide bonds. The maximum absolute atomic E-state index is 9.80. The fourth-order valence-electron chi connectivity index (χ4n) is 1.96. The second-order valence-corrected chi connectivity index (χ2v) is 4.18. The summed E-state index contributed by atoms with van der Waals surface area (Å²) in [6, 6.07) is 11.9. The lowest BCUT2D eigenvalue weighted by atomic mass is 10.0. The molecule has 2 nitrogen and oxygen atoms in total. The van der Waals surface area contributed by atoms with E-state index in [9.17, 15) is 5.11 Å². The molecule has 1 atom stereocenters. The summed E-state index contributed by atoms with van der Waals surface area (Å²) < 4.78 is 5.75. The molecule has 0 unspecified atom stereocenters. The Bertz CT molecular complexity index is 579. The molecular weight excluding hydrogens is 224 g/mol. The monoisotopic (exact) mass is 240 g/mol. The van der Waals surface area contributed by atoms with Crippen molar-refractivity contribution in [2.75, 3.05) is 6.61 Å². The molecule has 0 saturated carbocycles. The lowest BCUT2D eigenvalue weighted by Gasteiger charge is -2.15. The Balaban J connectivity index is 2.49. The van der Waals surface area contributed by atoms with Gasteiger partial charge in [0.1, 0.15) is 5.75 Å². The van der Waals surface area contributed by atoms with E-state index in [-0.39, 0.29) is 0 Å². The Morgan fingerprint density at radius 3 is 2.78 bits per heavy atom. The summed E-state index contributed by atoms with van der Waals surface area (Å²) in [5, 5.41) is 11.9. The first-order valence-corrected chi connectivity index (χ1v) is 6.00. The molecule has 0 aliphatic rings. The third-order valence-electron chi connectivity index (χ3n) is 2.85. The number of benzene rings is 2. The number of hydrogen-bond donors (Lipinski definition) is 1. The van der Waals surface area contributed by atoms with Gasteiger partial charge < -0.3 is 9.84 Å². The lowest BCUT2D eigenvalue weighted by Crippen LogP contribution is -2.02. The van der Waals surface area contributed by atoms with Gasteiger partial charge in [0.15, 0.2) is 0 Å². The minimum atomic E-state index is -0.560. The van der Waals surface area contributed by atoms with E-state index in [0.717, 1.165) is 22.1 Å². The molecule has 2 aromatic rings. The summed E-state index contributed by atoms with van der Waals surface area (Å²) in [5.41, 5.74) is 0.797. The fourth-order valence-corrected chi connectivity index (χ4v) is 1.96. The summed E-state index contributed by atoms with van der Waals surface area (Å²) in [7, 11) is 0. The number of fused-ring (bicyclic) bond motifs is 1. The SMILES string of the molecule is C#CCCOc1c([C@H](C)O)ccc2ccccc12. The Kier molecular flexibility index (Phi) is 3.86. The van der Waals surface area contributed by atoms with Crippen molar-refractivity contribution < 1.29 is 9.84 Å². The van der Waals surface area contributed by atoms with Crippen LogP contribution >= 0.6 is 0 Å². The van der Waals surface area contributed by atoms with Crippen molar-refractivity contribution in [3.63, 3.8) is 0 Å². The second-order valence-electron chi connectivity index (χ2n) is 4.18. The molecule has 2 rings (SSSR count). The minimum absolute atomic E-state index is 0.463. The largest absolute Gasteiger partial charge is 0.492 e. The van der Waals surface area contributed by atoms with Crippen LogP contribution in [-0.2, 0) is 0 Å². The van der Waals surface area contributed by atoms with Crippen LogP contribution in [0.3, 0.4) is 0 Å². The van der Waals surface area contributed by atoms with Gasteiger partial charge in [0.2, 0.25) is 0 Å². The van der Waals surface area contributed by atoms with Crippen LogP contribution in [0.25, 0.3) is 10.8 Å². The molecule has 1 N–H and O–H groups in total. The number of aliphatic hydroxyl groups is 1. The van der Waals surface area contributed by atoms with E-state index in [2.05, 4.69) is 5.92 Å². The maximum atomic E-state index is 9.80. The van der Waals surface area contributed by atoms with E-state index >= 15 is 0 Å². The highest BCUT2D eigenvalue weighted by Gasteiger charge is 2.12. The predicted molar refractivity (Wildman–Crippen MR) is 73.5 cm³/mol. The van der Waals surface area contributed by atoms with Crippen LogP contribution < -0.4 is 4.74 Å². The third-order valence-corrected chi connectivity index (χ3v) is 2.85. The average molecular weight is 240 g/mol. The van der Waals surface area contributed by atoms with Gasteiger partial charge in [0, 0.05) is 17.4 Å². The van der Waals surface area contributed by atoms with Crippen molar-refractivity contribution in [3.05, 3.63) is 42.0 Å². The highest BCUT2D eigenvalue weighted by molar-refractivity contribution is 5.89. The van der Waals surface area contributed by atoms with Crippen LogP contribution in [0.5, 0.6) is 5.75 Å². The zero-order valence-corrected chi connectivity index (χ0v) is 10.4. The number of rotatable bonds is 4.